The predicted octanol–water partition coefficient (Wildman–Crippen LogP) is 2.81. The lowest BCUT2D eigenvalue weighted by Crippen LogP contribution is -2.10. The summed E-state index contributed by atoms with van der Waals surface area (Å²) < 4.78 is 12.8. The Bertz CT molecular complexity index is 572. The summed E-state index contributed by atoms with van der Waals surface area (Å²) in [6.45, 7) is 2.40. The molecule has 0 atom stereocenters. The van der Waals surface area contributed by atoms with Crippen LogP contribution in [-0.2, 0) is 6.42 Å². The van der Waals surface area contributed by atoms with Crippen LogP contribution in [-0.4, -0.2) is 16.5 Å². The molecule has 2 rings (SSSR count). The number of aromatic nitrogens is 2. The second kappa shape index (κ2) is 5.84. The highest BCUT2D eigenvalue weighted by atomic mass is 35.5. The van der Waals surface area contributed by atoms with Crippen molar-refractivity contribution in [3.8, 4) is 0 Å². The van der Waals surface area contributed by atoms with E-state index in [1.807, 2.05) is 0 Å². The molecule has 0 spiro atoms. The quantitative estimate of drug-likeness (QED) is 0.846. The highest BCUT2D eigenvalue weighted by Crippen LogP contribution is 2.20. The van der Waals surface area contributed by atoms with Gasteiger partial charge in [-0.2, -0.15) is 4.98 Å². The van der Waals surface area contributed by atoms with Gasteiger partial charge in [-0.05, 0) is 42.6 Å². The van der Waals surface area contributed by atoms with Gasteiger partial charge in [0.05, 0.1) is 11.4 Å². The number of benzene rings is 1. The number of nitrogens with zero attached hydrogens (tertiary/aromatic N) is 2. The number of anilines is 2. The molecule has 4 nitrogen and oxygen atoms in total. The topological polar surface area (TPSA) is 63.8 Å². The maximum atomic E-state index is 12.8. The number of aryl methyl sites for hydroxylation is 1. The van der Waals surface area contributed by atoms with Crippen molar-refractivity contribution in [2.45, 2.75) is 13.3 Å². The lowest BCUT2D eigenvalue weighted by Gasteiger charge is -2.10. The molecule has 0 fully saturated rings. The number of rotatable bonds is 4. The van der Waals surface area contributed by atoms with Crippen LogP contribution in [0.25, 0.3) is 0 Å². The Balaban J connectivity index is 1.98. The second-order valence-corrected chi connectivity index (χ2v) is 4.48. The van der Waals surface area contributed by atoms with Gasteiger partial charge < -0.3 is 11.1 Å². The van der Waals surface area contributed by atoms with E-state index in [0.717, 1.165) is 12.0 Å². The van der Waals surface area contributed by atoms with Gasteiger partial charge in [-0.3, -0.25) is 0 Å². The highest BCUT2D eigenvalue weighted by Gasteiger charge is 2.07. The standard InChI is InChI=1S/C13H14ClFN4/c1-8-11(16)12(19-13(14)18-8)17-7-6-9-2-4-10(15)5-3-9/h2-5H,6-7,16H2,1H3,(H,17,18,19). The molecule has 0 saturated carbocycles. The summed E-state index contributed by atoms with van der Waals surface area (Å²) >= 11 is 5.78. The summed E-state index contributed by atoms with van der Waals surface area (Å²) in [5, 5.41) is 3.27. The molecule has 19 heavy (non-hydrogen) atoms. The Morgan fingerprint density at radius 3 is 2.63 bits per heavy atom. The lowest BCUT2D eigenvalue weighted by atomic mass is 10.1. The number of nitrogens with two attached hydrogens (primary N) is 1. The Labute approximate surface area is 115 Å². The molecule has 0 saturated heterocycles. The Kier molecular flexibility index (Phi) is 4.16. The van der Waals surface area contributed by atoms with Crippen molar-refractivity contribution < 1.29 is 4.39 Å². The smallest absolute Gasteiger partial charge is 0.224 e. The zero-order valence-electron chi connectivity index (χ0n) is 10.5. The average molecular weight is 281 g/mol. The third-order valence-electron chi connectivity index (χ3n) is 2.73. The molecule has 0 radical (unpaired) electrons. The molecule has 0 aliphatic rings. The van der Waals surface area contributed by atoms with Gasteiger partial charge in [0.15, 0.2) is 5.82 Å². The number of nitrogen functional groups attached to an aromatic ring is 1. The van der Waals surface area contributed by atoms with Gasteiger partial charge in [-0.1, -0.05) is 12.1 Å². The van der Waals surface area contributed by atoms with E-state index in [1.165, 1.54) is 12.1 Å². The van der Waals surface area contributed by atoms with Crippen molar-refractivity contribution in [3.05, 3.63) is 46.6 Å². The molecular weight excluding hydrogens is 267 g/mol. The number of hydrogen-bond acceptors (Lipinski definition) is 4. The molecule has 0 amide bonds. The minimum atomic E-state index is -0.237. The van der Waals surface area contributed by atoms with Crippen LogP contribution in [0.3, 0.4) is 0 Å². The predicted molar refractivity (Wildman–Crippen MR) is 74.8 cm³/mol. The molecule has 1 heterocycles. The van der Waals surface area contributed by atoms with Gasteiger partial charge in [0.25, 0.3) is 0 Å². The van der Waals surface area contributed by atoms with Crippen molar-refractivity contribution in [3.63, 3.8) is 0 Å². The summed E-state index contributed by atoms with van der Waals surface area (Å²) in [6.07, 6.45) is 0.736. The van der Waals surface area contributed by atoms with E-state index in [9.17, 15) is 4.39 Å². The first kappa shape index (κ1) is 13.5. The summed E-state index contributed by atoms with van der Waals surface area (Å²) in [4.78, 5) is 7.99. The van der Waals surface area contributed by atoms with E-state index in [-0.39, 0.29) is 11.1 Å². The molecule has 3 N–H and O–H groups in total. The third kappa shape index (κ3) is 3.54. The van der Waals surface area contributed by atoms with Crippen LogP contribution in [0, 0.1) is 12.7 Å². The van der Waals surface area contributed by atoms with E-state index in [0.29, 0.717) is 23.7 Å². The fraction of sp³-hybridized carbons (Fsp3) is 0.231. The molecule has 0 bridgehead atoms. The number of nitrogens with one attached hydrogen (secondary N) is 1. The fourth-order valence-electron chi connectivity index (χ4n) is 1.66. The van der Waals surface area contributed by atoms with Gasteiger partial charge in [0.2, 0.25) is 5.28 Å². The Morgan fingerprint density at radius 1 is 1.26 bits per heavy atom. The van der Waals surface area contributed by atoms with Crippen molar-refractivity contribution in [1.29, 1.82) is 0 Å². The minimum absolute atomic E-state index is 0.163. The second-order valence-electron chi connectivity index (χ2n) is 4.14. The van der Waals surface area contributed by atoms with Crippen molar-refractivity contribution in [2.24, 2.45) is 0 Å². The zero-order valence-corrected chi connectivity index (χ0v) is 11.2. The summed E-state index contributed by atoms with van der Waals surface area (Å²) in [7, 11) is 0. The summed E-state index contributed by atoms with van der Waals surface area (Å²) in [5.41, 5.74) is 8.02. The first-order chi connectivity index (χ1) is 9.06. The molecule has 100 valence electrons. The summed E-state index contributed by atoms with van der Waals surface area (Å²) in [6, 6.07) is 6.38. The average Bonchev–Trinajstić information content (AvgIpc) is 2.37. The fourth-order valence-corrected chi connectivity index (χ4v) is 1.87. The number of hydrogen-bond donors (Lipinski definition) is 2. The molecule has 1 aromatic heterocycles. The highest BCUT2D eigenvalue weighted by molar-refractivity contribution is 6.28. The van der Waals surface area contributed by atoms with Crippen LogP contribution in [0.15, 0.2) is 24.3 Å². The molecule has 1 aromatic carbocycles. The maximum Gasteiger partial charge on any atom is 0.224 e. The van der Waals surface area contributed by atoms with E-state index in [2.05, 4.69) is 15.3 Å². The van der Waals surface area contributed by atoms with E-state index in [1.54, 1.807) is 19.1 Å². The van der Waals surface area contributed by atoms with Crippen molar-refractivity contribution in [1.82, 2.24) is 9.97 Å². The lowest BCUT2D eigenvalue weighted by molar-refractivity contribution is 0.627. The molecule has 2 aromatic rings. The van der Waals surface area contributed by atoms with Crippen molar-refractivity contribution >= 4 is 23.1 Å². The van der Waals surface area contributed by atoms with Crippen LogP contribution in [0.1, 0.15) is 11.3 Å². The first-order valence-corrected chi connectivity index (χ1v) is 6.22. The van der Waals surface area contributed by atoms with Crippen LogP contribution in [0.2, 0.25) is 5.28 Å². The van der Waals surface area contributed by atoms with E-state index < -0.39 is 0 Å². The largest absolute Gasteiger partial charge is 0.394 e. The molecule has 0 unspecified atom stereocenters. The normalized spacial score (nSPS) is 10.5. The van der Waals surface area contributed by atoms with Crippen LogP contribution in [0.4, 0.5) is 15.9 Å². The van der Waals surface area contributed by atoms with Crippen molar-refractivity contribution in [2.75, 3.05) is 17.6 Å². The van der Waals surface area contributed by atoms with Crippen LogP contribution >= 0.6 is 11.6 Å². The zero-order chi connectivity index (χ0) is 13.8. The van der Waals surface area contributed by atoms with Crippen LogP contribution in [0.5, 0.6) is 0 Å². The van der Waals surface area contributed by atoms with Gasteiger partial charge >= 0.3 is 0 Å². The Morgan fingerprint density at radius 2 is 1.95 bits per heavy atom. The molecule has 0 aliphatic heterocycles. The van der Waals surface area contributed by atoms with E-state index >= 15 is 0 Å². The van der Waals surface area contributed by atoms with Crippen LogP contribution < -0.4 is 11.1 Å². The summed E-state index contributed by atoms with van der Waals surface area (Å²) in [5.74, 6) is 0.291. The van der Waals surface area contributed by atoms with Gasteiger partial charge in [0.1, 0.15) is 5.82 Å². The monoisotopic (exact) mass is 280 g/mol. The van der Waals surface area contributed by atoms with Gasteiger partial charge in [-0.25, -0.2) is 9.37 Å². The number of halogens is 2. The SMILES string of the molecule is Cc1nc(Cl)nc(NCCc2ccc(F)cc2)c1N. The van der Waals surface area contributed by atoms with Gasteiger partial charge in [0, 0.05) is 6.54 Å². The minimum Gasteiger partial charge on any atom is -0.394 e. The molecule has 0 aliphatic carbocycles. The maximum absolute atomic E-state index is 12.8. The molecular formula is C13H14ClFN4. The first-order valence-electron chi connectivity index (χ1n) is 5.84. The molecule has 6 heteroatoms. The van der Waals surface area contributed by atoms with E-state index in [4.69, 9.17) is 17.3 Å². The third-order valence-corrected chi connectivity index (χ3v) is 2.90. The van der Waals surface area contributed by atoms with Gasteiger partial charge in [-0.15, -0.1) is 0 Å². The Hall–Kier alpha value is -1.88.